The Labute approximate surface area is 68.9 Å². The van der Waals surface area contributed by atoms with E-state index in [1.54, 1.807) is 0 Å². The Morgan fingerprint density at radius 3 is 1.64 bits per heavy atom. The zero-order valence-corrected chi connectivity index (χ0v) is 7.89. The zero-order valence-electron chi connectivity index (χ0n) is 7.89. The summed E-state index contributed by atoms with van der Waals surface area (Å²) >= 11 is 0. The fourth-order valence-corrected chi connectivity index (χ4v) is 1.60. The van der Waals surface area contributed by atoms with Gasteiger partial charge in [0.15, 0.2) is 5.79 Å². The first kappa shape index (κ1) is 9.01. The van der Waals surface area contributed by atoms with Gasteiger partial charge in [0.25, 0.3) is 0 Å². The molecule has 0 aromatic heterocycles. The molecule has 0 aromatic carbocycles. The van der Waals surface area contributed by atoms with Crippen molar-refractivity contribution >= 4 is 0 Å². The average Bonchev–Trinajstić information content (AvgIpc) is 2.25. The first-order chi connectivity index (χ1) is 5.09. The highest BCUT2D eigenvalue weighted by molar-refractivity contribution is 4.79. The summed E-state index contributed by atoms with van der Waals surface area (Å²) in [6, 6.07) is 0. The molecule has 1 unspecified atom stereocenters. The summed E-state index contributed by atoms with van der Waals surface area (Å²) in [4.78, 5) is 0. The first-order valence-electron chi connectivity index (χ1n) is 4.44. The third-order valence-electron chi connectivity index (χ3n) is 2.09. The van der Waals surface area contributed by atoms with Crippen molar-refractivity contribution in [2.24, 2.45) is 0 Å². The van der Waals surface area contributed by atoms with Crippen LogP contribution in [0.4, 0.5) is 0 Å². The third-order valence-corrected chi connectivity index (χ3v) is 2.09. The Morgan fingerprint density at radius 1 is 1.00 bits per heavy atom. The van der Waals surface area contributed by atoms with Crippen LogP contribution in [0.15, 0.2) is 0 Å². The summed E-state index contributed by atoms with van der Waals surface area (Å²) in [7, 11) is 0. The highest BCUT2D eigenvalue weighted by atomic mass is 16.7. The van der Waals surface area contributed by atoms with Gasteiger partial charge >= 0.3 is 0 Å². The molecule has 0 radical (unpaired) electrons. The van der Waals surface area contributed by atoms with E-state index in [1.165, 1.54) is 0 Å². The molecule has 0 aliphatic carbocycles. The van der Waals surface area contributed by atoms with Crippen molar-refractivity contribution in [2.45, 2.75) is 58.5 Å². The van der Waals surface area contributed by atoms with Gasteiger partial charge in [0, 0.05) is 0 Å². The van der Waals surface area contributed by atoms with Crippen molar-refractivity contribution in [3.63, 3.8) is 0 Å². The van der Waals surface area contributed by atoms with E-state index >= 15 is 0 Å². The van der Waals surface area contributed by atoms with Crippen LogP contribution < -0.4 is 0 Å². The number of ether oxygens (including phenoxy) is 2. The Bertz CT molecular complexity index is 118. The highest BCUT2D eigenvalue weighted by Gasteiger charge is 2.38. The molecule has 0 spiro atoms. The molecule has 2 heteroatoms. The molecule has 1 heterocycles. The van der Waals surface area contributed by atoms with Gasteiger partial charge in [-0.25, -0.2) is 0 Å². The molecule has 1 aliphatic rings. The van der Waals surface area contributed by atoms with E-state index in [1.807, 2.05) is 13.8 Å². The second-order valence-electron chi connectivity index (χ2n) is 3.53. The van der Waals surface area contributed by atoms with Crippen LogP contribution in [0.2, 0.25) is 0 Å². The topological polar surface area (TPSA) is 18.5 Å². The average molecular weight is 158 g/mol. The number of hydrogen-bond donors (Lipinski definition) is 0. The van der Waals surface area contributed by atoms with E-state index < -0.39 is 0 Å². The van der Waals surface area contributed by atoms with Crippen molar-refractivity contribution in [2.75, 3.05) is 0 Å². The predicted molar refractivity (Wildman–Crippen MR) is 44.4 cm³/mol. The lowest BCUT2D eigenvalue weighted by Crippen LogP contribution is -2.21. The van der Waals surface area contributed by atoms with Crippen molar-refractivity contribution in [3.8, 4) is 0 Å². The normalized spacial score (nSPS) is 36.0. The molecule has 0 saturated carbocycles. The standard InChI is InChI=1S/C9H18O2/c1-5-7-8(6-2)11-9(3,4)10-7/h7-8H,5-6H2,1-4H3/t7-,8?/m1/s1. The minimum Gasteiger partial charge on any atom is -0.345 e. The molecule has 2 nitrogen and oxygen atoms in total. The monoisotopic (exact) mass is 158 g/mol. The SMILES string of the molecule is CCC1OC(C)(C)O[C@@H]1CC. The lowest BCUT2D eigenvalue weighted by atomic mass is 10.1. The van der Waals surface area contributed by atoms with Gasteiger partial charge in [-0.05, 0) is 26.7 Å². The minimum atomic E-state index is -0.360. The summed E-state index contributed by atoms with van der Waals surface area (Å²) in [5.74, 6) is -0.360. The fraction of sp³-hybridized carbons (Fsp3) is 1.00. The lowest BCUT2D eigenvalue weighted by molar-refractivity contribution is -0.146. The van der Waals surface area contributed by atoms with Crippen molar-refractivity contribution in [1.82, 2.24) is 0 Å². The Hall–Kier alpha value is -0.0800. The molecule has 66 valence electrons. The van der Waals surface area contributed by atoms with Crippen LogP contribution in [0.3, 0.4) is 0 Å². The second-order valence-corrected chi connectivity index (χ2v) is 3.53. The van der Waals surface area contributed by atoms with Gasteiger partial charge in [-0.3, -0.25) is 0 Å². The molecular formula is C9H18O2. The van der Waals surface area contributed by atoms with Crippen LogP contribution in [0.5, 0.6) is 0 Å². The molecule has 1 rings (SSSR count). The molecule has 11 heavy (non-hydrogen) atoms. The fourth-order valence-electron chi connectivity index (χ4n) is 1.60. The van der Waals surface area contributed by atoms with Gasteiger partial charge in [0.1, 0.15) is 0 Å². The largest absolute Gasteiger partial charge is 0.345 e. The van der Waals surface area contributed by atoms with Crippen LogP contribution in [0, 0.1) is 0 Å². The maximum absolute atomic E-state index is 5.68. The molecule has 0 N–H and O–H groups in total. The van der Waals surface area contributed by atoms with E-state index in [0.717, 1.165) is 12.8 Å². The first-order valence-corrected chi connectivity index (χ1v) is 4.44. The smallest absolute Gasteiger partial charge is 0.163 e. The van der Waals surface area contributed by atoms with Crippen LogP contribution in [-0.2, 0) is 9.47 Å². The van der Waals surface area contributed by atoms with Crippen LogP contribution in [0.25, 0.3) is 0 Å². The maximum atomic E-state index is 5.68. The number of hydrogen-bond acceptors (Lipinski definition) is 2. The summed E-state index contributed by atoms with van der Waals surface area (Å²) < 4.78 is 11.4. The predicted octanol–water partition coefficient (Wildman–Crippen LogP) is 2.33. The van der Waals surface area contributed by atoms with Crippen molar-refractivity contribution in [1.29, 1.82) is 0 Å². The highest BCUT2D eigenvalue weighted by Crippen LogP contribution is 2.30. The van der Waals surface area contributed by atoms with Crippen molar-refractivity contribution in [3.05, 3.63) is 0 Å². The molecular weight excluding hydrogens is 140 g/mol. The molecule has 2 atom stereocenters. The quantitative estimate of drug-likeness (QED) is 0.614. The van der Waals surface area contributed by atoms with E-state index in [9.17, 15) is 0 Å². The van der Waals surface area contributed by atoms with Gasteiger partial charge in [-0.2, -0.15) is 0 Å². The van der Waals surface area contributed by atoms with E-state index in [-0.39, 0.29) is 5.79 Å². The summed E-state index contributed by atoms with van der Waals surface area (Å²) in [5.41, 5.74) is 0. The molecule has 0 amide bonds. The van der Waals surface area contributed by atoms with E-state index in [2.05, 4.69) is 13.8 Å². The molecule has 0 bridgehead atoms. The molecule has 1 aliphatic heterocycles. The van der Waals surface area contributed by atoms with Gasteiger partial charge in [0.05, 0.1) is 12.2 Å². The Kier molecular flexibility index (Phi) is 2.55. The van der Waals surface area contributed by atoms with Crippen LogP contribution in [-0.4, -0.2) is 18.0 Å². The zero-order chi connectivity index (χ0) is 8.48. The summed E-state index contributed by atoms with van der Waals surface area (Å²) in [6.07, 6.45) is 2.69. The molecule has 1 fully saturated rings. The lowest BCUT2D eigenvalue weighted by Gasteiger charge is -2.16. The van der Waals surface area contributed by atoms with Crippen LogP contribution >= 0.6 is 0 Å². The van der Waals surface area contributed by atoms with Crippen LogP contribution in [0.1, 0.15) is 40.5 Å². The molecule has 0 aromatic rings. The molecule has 1 saturated heterocycles. The van der Waals surface area contributed by atoms with E-state index in [0.29, 0.717) is 12.2 Å². The minimum absolute atomic E-state index is 0.301. The van der Waals surface area contributed by atoms with Gasteiger partial charge in [0.2, 0.25) is 0 Å². The van der Waals surface area contributed by atoms with Gasteiger partial charge in [-0.15, -0.1) is 0 Å². The summed E-state index contributed by atoms with van der Waals surface area (Å²) in [5, 5.41) is 0. The third kappa shape index (κ3) is 1.94. The van der Waals surface area contributed by atoms with Gasteiger partial charge in [-0.1, -0.05) is 13.8 Å². The number of rotatable bonds is 2. The maximum Gasteiger partial charge on any atom is 0.163 e. The summed E-state index contributed by atoms with van der Waals surface area (Å²) in [6.45, 7) is 8.23. The van der Waals surface area contributed by atoms with Gasteiger partial charge < -0.3 is 9.47 Å². The Balaban J connectivity index is 2.55. The second kappa shape index (κ2) is 3.11. The Morgan fingerprint density at radius 2 is 1.36 bits per heavy atom. The van der Waals surface area contributed by atoms with Crippen molar-refractivity contribution < 1.29 is 9.47 Å². The van der Waals surface area contributed by atoms with E-state index in [4.69, 9.17) is 9.47 Å².